The molecular formula is C22H19F2NO4. The number of nitrogens with one attached hydrogen (secondary N) is 1. The number of benzene rings is 3. The van der Waals surface area contributed by atoms with Crippen molar-refractivity contribution in [2.24, 2.45) is 0 Å². The summed E-state index contributed by atoms with van der Waals surface area (Å²) in [7, 11) is 1.59. The van der Waals surface area contributed by atoms with E-state index < -0.39 is 36.0 Å². The molecule has 0 aromatic heterocycles. The molecule has 0 spiro atoms. The fourth-order valence-electron chi connectivity index (χ4n) is 2.81. The van der Waals surface area contributed by atoms with Gasteiger partial charge in [-0.2, -0.15) is 0 Å². The zero-order valence-electron chi connectivity index (χ0n) is 15.9. The first kappa shape index (κ1) is 20.3. The van der Waals surface area contributed by atoms with Gasteiger partial charge in [0.1, 0.15) is 17.4 Å². The molecule has 0 fully saturated rings. The van der Waals surface area contributed by atoms with E-state index in [4.69, 9.17) is 9.47 Å². The zero-order chi connectivity index (χ0) is 21.0. The SMILES string of the molecule is COc1ccc2cc([C@H](C)C(=O)OCC(=O)Nc3ccc(F)cc3F)ccc2c1. The number of hydrogen-bond acceptors (Lipinski definition) is 4. The topological polar surface area (TPSA) is 64.6 Å². The highest BCUT2D eigenvalue weighted by atomic mass is 19.1. The summed E-state index contributed by atoms with van der Waals surface area (Å²) in [6.07, 6.45) is 0. The van der Waals surface area contributed by atoms with E-state index in [1.165, 1.54) is 0 Å². The summed E-state index contributed by atoms with van der Waals surface area (Å²) >= 11 is 0. The smallest absolute Gasteiger partial charge is 0.313 e. The standard InChI is InChI=1S/C22H19F2NO4/c1-13(14-3-4-16-10-18(28-2)7-5-15(16)9-14)22(27)29-12-21(26)25-20-8-6-17(23)11-19(20)24/h3-11,13H,12H2,1-2H3,(H,25,26)/t13-/m0/s1. The van der Waals surface area contributed by atoms with Gasteiger partial charge in [-0.05, 0) is 47.5 Å². The molecular weight excluding hydrogens is 380 g/mol. The molecule has 5 nitrogen and oxygen atoms in total. The van der Waals surface area contributed by atoms with Gasteiger partial charge in [-0.1, -0.05) is 24.3 Å². The number of carbonyl (C=O) groups excluding carboxylic acids is 2. The van der Waals surface area contributed by atoms with Crippen LogP contribution in [0.2, 0.25) is 0 Å². The van der Waals surface area contributed by atoms with Crippen molar-refractivity contribution >= 4 is 28.3 Å². The number of fused-ring (bicyclic) bond motifs is 1. The molecule has 0 heterocycles. The monoisotopic (exact) mass is 399 g/mol. The van der Waals surface area contributed by atoms with Crippen molar-refractivity contribution in [2.45, 2.75) is 12.8 Å². The molecule has 0 aliphatic rings. The minimum atomic E-state index is -0.911. The van der Waals surface area contributed by atoms with Crippen LogP contribution in [-0.2, 0) is 14.3 Å². The van der Waals surface area contributed by atoms with E-state index in [1.807, 2.05) is 36.4 Å². The number of esters is 1. The molecule has 1 N–H and O–H groups in total. The van der Waals surface area contributed by atoms with Gasteiger partial charge in [0.15, 0.2) is 6.61 Å². The molecule has 0 saturated heterocycles. The Morgan fingerprint density at radius 2 is 1.72 bits per heavy atom. The van der Waals surface area contributed by atoms with E-state index in [0.29, 0.717) is 6.07 Å². The Morgan fingerprint density at radius 1 is 1.00 bits per heavy atom. The van der Waals surface area contributed by atoms with Gasteiger partial charge in [0.25, 0.3) is 5.91 Å². The Balaban J connectivity index is 1.61. The molecule has 0 aliphatic heterocycles. The summed E-state index contributed by atoms with van der Waals surface area (Å²) in [6, 6.07) is 13.9. The number of carbonyl (C=O) groups is 2. The van der Waals surface area contributed by atoms with Crippen LogP contribution in [0.25, 0.3) is 10.8 Å². The molecule has 0 saturated carbocycles. The van der Waals surface area contributed by atoms with Gasteiger partial charge < -0.3 is 14.8 Å². The quantitative estimate of drug-likeness (QED) is 0.624. The zero-order valence-corrected chi connectivity index (χ0v) is 15.9. The van der Waals surface area contributed by atoms with Crippen LogP contribution in [0, 0.1) is 11.6 Å². The molecule has 0 unspecified atom stereocenters. The molecule has 3 aromatic carbocycles. The first-order valence-electron chi connectivity index (χ1n) is 8.86. The average Bonchev–Trinajstić information content (AvgIpc) is 2.72. The molecule has 0 radical (unpaired) electrons. The Kier molecular flexibility index (Phi) is 6.07. The Morgan fingerprint density at radius 3 is 2.45 bits per heavy atom. The van der Waals surface area contributed by atoms with Gasteiger partial charge in [-0.25, -0.2) is 8.78 Å². The number of anilines is 1. The van der Waals surface area contributed by atoms with E-state index in [0.717, 1.165) is 34.2 Å². The highest BCUT2D eigenvalue weighted by Gasteiger charge is 2.19. The van der Waals surface area contributed by atoms with E-state index in [-0.39, 0.29) is 5.69 Å². The Labute approximate surface area is 166 Å². The first-order chi connectivity index (χ1) is 13.9. The number of methoxy groups -OCH3 is 1. The number of rotatable bonds is 6. The van der Waals surface area contributed by atoms with Gasteiger partial charge >= 0.3 is 5.97 Å². The summed E-state index contributed by atoms with van der Waals surface area (Å²) in [6.45, 7) is 1.09. The second kappa shape index (κ2) is 8.68. The summed E-state index contributed by atoms with van der Waals surface area (Å²) in [5.74, 6) is -2.84. The first-order valence-corrected chi connectivity index (χ1v) is 8.86. The highest BCUT2D eigenvalue weighted by Crippen LogP contribution is 2.25. The van der Waals surface area contributed by atoms with Crippen molar-refractivity contribution in [3.63, 3.8) is 0 Å². The molecule has 3 aromatic rings. The minimum absolute atomic E-state index is 0.189. The highest BCUT2D eigenvalue weighted by molar-refractivity contribution is 5.93. The Hall–Kier alpha value is -3.48. The van der Waals surface area contributed by atoms with Crippen LogP contribution < -0.4 is 10.1 Å². The fourth-order valence-corrected chi connectivity index (χ4v) is 2.81. The summed E-state index contributed by atoms with van der Waals surface area (Å²) in [5.41, 5.74) is 0.545. The van der Waals surface area contributed by atoms with E-state index in [2.05, 4.69) is 5.32 Å². The molecule has 0 bridgehead atoms. The number of hydrogen-bond donors (Lipinski definition) is 1. The van der Waals surface area contributed by atoms with Crippen LogP contribution in [0.15, 0.2) is 54.6 Å². The third-order valence-electron chi connectivity index (χ3n) is 4.48. The maximum absolute atomic E-state index is 13.6. The third-order valence-corrected chi connectivity index (χ3v) is 4.48. The lowest BCUT2D eigenvalue weighted by atomic mass is 9.98. The Bertz CT molecular complexity index is 1070. The molecule has 150 valence electrons. The van der Waals surface area contributed by atoms with Crippen molar-refractivity contribution < 1.29 is 27.8 Å². The minimum Gasteiger partial charge on any atom is -0.497 e. The third kappa shape index (κ3) is 4.87. The second-order valence-electron chi connectivity index (χ2n) is 6.47. The lowest BCUT2D eigenvalue weighted by molar-refractivity contribution is -0.148. The molecule has 7 heteroatoms. The molecule has 0 aliphatic carbocycles. The summed E-state index contributed by atoms with van der Waals surface area (Å²) < 4.78 is 36.7. The maximum atomic E-state index is 13.6. The number of halogens is 2. The lowest BCUT2D eigenvalue weighted by Gasteiger charge is -2.13. The largest absolute Gasteiger partial charge is 0.497 e. The predicted octanol–water partition coefficient (Wildman–Crippen LogP) is 4.41. The van der Waals surface area contributed by atoms with Crippen molar-refractivity contribution in [1.82, 2.24) is 0 Å². The molecule has 1 amide bonds. The van der Waals surface area contributed by atoms with Crippen molar-refractivity contribution in [3.05, 3.63) is 71.8 Å². The fraction of sp³-hybridized carbons (Fsp3) is 0.182. The van der Waals surface area contributed by atoms with E-state index in [9.17, 15) is 18.4 Å². The van der Waals surface area contributed by atoms with Crippen LogP contribution in [0.1, 0.15) is 18.4 Å². The maximum Gasteiger partial charge on any atom is 0.313 e. The van der Waals surface area contributed by atoms with Crippen LogP contribution in [0.4, 0.5) is 14.5 Å². The van der Waals surface area contributed by atoms with Crippen LogP contribution in [0.5, 0.6) is 5.75 Å². The van der Waals surface area contributed by atoms with Crippen molar-refractivity contribution in [1.29, 1.82) is 0 Å². The van der Waals surface area contributed by atoms with Crippen molar-refractivity contribution in [2.75, 3.05) is 19.0 Å². The van der Waals surface area contributed by atoms with E-state index >= 15 is 0 Å². The summed E-state index contributed by atoms with van der Waals surface area (Å²) in [5, 5.41) is 4.14. The second-order valence-corrected chi connectivity index (χ2v) is 6.47. The average molecular weight is 399 g/mol. The van der Waals surface area contributed by atoms with Crippen LogP contribution in [-0.4, -0.2) is 25.6 Å². The lowest BCUT2D eigenvalue weighted by Crippen LogP contribution is -2.23. The van der Waals surface area contributed by atoms with Gasteiger partial charge in [-0.15, -0.1) is 0 Å². The van der Waals surface area contributed by atoms with Gasteiger partial charge in [-0.3, -0.25) is 9.59 Å². The van der Waals surface area contributed by atoms with Gasteiger partial charge in [0.05, 0.1) is 18.7 Å². The number of amides is 1. The van der Waals surface area contributed by atoms with Gasteiger partial charge in [0, 0.05) is 6.07 Å². The van der Waals surface area contributed by atoms with Crippen LogP contribution in [0.3, 0.4) is 0 Å². The number of ether oxygens (including phenoxy) is 2. The summed E-state index contributed by atoms with van der Waals surface area (Å²) in [4.78, 5) is 24.2. The molecule has 29 heavy (non-hydrogen) atoms. The molecule has 1 atom stereocenters. The molecule has 3 rings (SSSR count). The van der Waals surface area contributed by atoms with E-state index in [1.54, 1.807) is 14.0 Å². The van der Waals surface area contributed by atoms with Gasteiger partial charge in [0.2, 0.25) is 0 Å². The predicted molar refractivity (Wildman–Crippen MR) is 105 cm³/mol. The normalized spacial score (nSPS) is 11.7. The van der Waals surface area contributed by atoms with Crippen molar-refractivity contribution in [3.8, 4) is 5.75 Å². The van der Waals surface area contributed by atoms with Crippen LogP contribution >= 0.6 is 0 Å².